The monoisotopic (exact) mass is 576 g/mol. The van der Waals surface area contributed by atoms with Crippen LogP contribution in [0.2, 0.25) is 0 Å². The number of ether oxygens (including phenoxy) is 1. The van der Waals surface area contributed by atoms with Crippen molar-refractivity contribution in [3.63, 3.8) is 0 Å². The first-order valence-electron chi connectivity index (χ1n) is 13.2. The fraction of sp³-hybridized carbons (Fsp3) is 0.500. The average molecular weight is 577 g/mol. The van der Waals surface area contributed by atoms with Crippen molar-refractivity contribution in [2.24, 2.45) is 0 Å². The van der Waals surface area contributed by atoms with Crippen LogP contribution in [0.5, 0.6) is 0 Å². The van der Waals surface area contributed by atoms with Gasteiger partial charge in [-0.2, -0.15) is 0 Å². The summed E-state index contributed by atoms with van der Waals surface area (Å²) in [6, 6.07) is 10.2. The molecule has 1 aliphatic heterocycles. The molecule has 40 heavy (non-hydrogen) atoms. The Hall–Kier alpha value is -3.54. The number of carbonyl (C=O) groups is 3. The number of anilines is 1. The second-order valence-electron chi connectivity index (χ2n) is 9.94. The van der Waals surface area contributed by atoms with Gasteiger partial charge < -0.3 is 35.0 Å². The van der Waals surface area contributed by atoms with E-state index in [1.165, 1.54) is 15.9 Å². The summed E-state index contributed by atoms with van der Waals surface area (Å²) in [6.07, 6.45) is 1.11. The van der Waals surface area contributed by atoms with Gasteiger partial charge in [0, 0.05) is 43.9 Å². The highest BCUT2D eigenvalue weighted by Gasteiger charge is 2.53. The number of unbranched alkanes of at least 4 members (excludes halogenated alkanes) is 1. The van der Waals surface area contributed by atoms with Gasteiger partial charge in [0.2, 0.25) is 5.28 Å². The Morgan fingerprint density at radius 3 is 2.27 bits per heavy atom. The third-order valence-electron chi connectivity index (χ3n) is 6.33. The molecule has 4 N–H and O–H groups in total. The molecular weight excluding hydrogens is 539 g/mol. The molecule has 1 aliphatic rings. The number of amides is 3. The molecule has 0 saturated carbocycles. The van der Waals surface area contributed by atoms with E-state index in [9.17, 15) is 28.7 Å². The zero-order chi connectivity index (χ0) is 29.5. The molecule has 0 spiro atoms. The van der Waals surface area contributed by atoms with E-state index >= 15 is 0 Å². The highest BCUT2D eigenvalue weighted by molar-refractivity contribution is 7.54. The van der Waals surface area contributed by atoms with E-state index in [0.29, 0.717) is 18.0 Å². The first-order chi connectivity index (χ1) is 18.9. The number of carbonyl (C=O) groups excluding carboxylic acids is 3. The zero-order valence-corrected chi connectivity index (χ0v) is 24.1. The lowest BCUT2D eigenvalue weighted by Crippen LogP contribution is -2.61. The minimum atomic E-state index is -5.23. The summed E-state index contributed by atoms with van der Waals surface area (Å²) in [4.78, 5) is 70.9. The number of piperazine rings is 1. The van der Waals surface area contributed by atoms with E-state index in [1.807, 2.05) is 26.8 Å². The molecule has 1 aromatic heterocycles. The molecule has 1 fully saturated rings. The predicted molar refractivity (Wildman–Crippen MR) is 149 cm³/mol. The number of rotatable bonds is 10. The van der Waals surface area contributed by atoms with Crippen molar-refractivity contribution >= 4 is 31.3 Å². The van der Waals surface area contributed by atoms with Gasteiger partial charge in [0.1, 0.15) is 11.5 Å². The fourth-order valence-corrected chi connectivity index (χ4v) is 4.62. The van der Waals surface area contributed by atoms with Crippen LogP contribution in [0.25, 0.3) is 11.4 Å². The molecule has 0 aliphatic carbocycles. The maximum Gasteiger partial charge on any atom is 0.409 e. The second kappa shape index (κ2) is 13.2. The largest absolute Gasteiger partial charge is 0.449 e. The summed E-state index contributed by atoms with van der Waals surface area (Å²) in [6.45, 7) is 7.31. The summed E-state index contributed by atoms with van der Waals surface area (Å²) in [5.74, 6) is -1.36. The van der Waals surface area contributed by atoms with E-state index in [0.717, 1.165) is 19.8 Å². The van der Waals surface area contributed by atoms with Crippen molar-refractivity contribution in [1.29, 1.82) is 0 Å². The van der Waals surface area contributed by atoms with Gasteiger partial charge in [-0.25, -0.2) is 14.8 Å². The standard InChI is InChI=1S/C26H37N6O7P/c1-5-6-16-39-25(35)32-14-12-31(13-15-32)24(34)26(4,40(36,37)38)30-23(33)20-17-21(27-18(2)3)29-22(28-20)19-10-8-7-9-11-19/h7-11,17-18H,5-6,12-16H2,1-4H3,(H,30,33)(H,27,28,29)(H2,36,37,38)/t26-/m0/s1. The Balaban J connectivity index is 1.82. The molecule has 1 atom stereocenters. The van der Waals surface area contributed by atoms with Crippen molar-refractivity contribution in [2.45, 2.75) is 51.9 Å². The van der Waals surface area contributed by atoms with Crippen molar-refractivity contribution in [3.8, 4) is 11.4 Å². The highest BCUT2D eigenvalue weighted by Crippen LogP contribution is 2.49. The summed E-state index contributed by atoms with van der Waals surface area (Å²) in [5.41, 5.74) is 0.452. The molecule has 3 amide bonds. The van der Waals surface area contributed by atoms with Gasteiger partial charge in [-0.05, 0) is 27.2 Å². The summed E-state index contributed by atoms with van der Waals surface area (Å²) >= 11 is 0. The molecule has 14 heteroatoms. The van der Waals surface area contributed by atoms with Crippen LogP contribution in [0.3, 0.4) is 0 Å². The number of nitrogens with one attached hydrogen (secondary N) is 2. The quantitative estimate of drug-likeness (QED) is 0.243. The molecule has 218 valence electrons. The van der Waals surface area contributed by atoms with Crippen molar-refractivity contribution < 1.29 is 33.5 Å². The number of nitrogens with zero attached hydrogens (tertiary/aromatic N) is 4. The molecule has 2 aromatic rings. The molecular formula is C26H37N6O7P. The Kier molecular flexibility index (Phi) is 10.2. The van der Waals surface area contributed by atoms with Crippen molar-refractivity contribution in [3.05, 3.63) is 42.1 Å². The lowest BCUT2D eigenvalue weighted by molar-refractivity contribution is -0.136. The smallest absolute Gasteiger partial charge is 0.409 e. The Morgan fingerprint density at radius 2 is 1.70 bits per heavy atom. The van der Waals surface area contributed by atoms with Crippen LogP contribution in [-0.2, 0) is 14.1 Å². The van der Waals surface area contributed by atoms with Gasteiger partial charge >= 0.3 is 13.7 Å². The maximum atomic E-state index is 13.5. The van der Waals surface area contributed by atoms with Crippen LogP contribution in [0, 0.1) is 0 Å². The maximum absolute atomic E-state index is 13.5. The van der Waals surface area contributed by atoms with E-state index in [2.05, 4.69) is 20.6 Å². The van der Waals surface area contributed by atoms with E-state index in [4.69, 9.17) is 4.74 Å². The van der Waals surface area contributed by atoms with Crippen LogP contribution in [0.4, 0.5) is 10.6 Å². The van der Waals surface area contributed by atoms with Crippen molar-refractivity contribution in [2.75, 3.05) is 38.1 Å². The van der Waals surface area contributed by atoms with Crippen LogP contribution < -0.4 is 10.6 Å². The minimum absolute atomic E-state index is 0.0152. The van der Waals surface area contributed by atoms with Gasteiger partial charge in [0.25, 0.3) is 11.8 Å². The minimum Gasteiger partial charge on any atom is -0.449 e. The number of aromatic nitrogens is 2. The third kappa shape index (κ3) is 7.56. The topological polar surface area (TPSA) is 174 Å². The van der Waals surface area contributed by atoms with Crippen LogP contribution in [0.15, 0.2) is 36.4 Å². The predicted octanol–water partition coefficient (Wildman–Crippen LogP) is 2.67. The van der Waals surface area contributed by atoms with Gasteiger partial charge in [0.05, 0.1) is 6.61 Å². The van der Waals surface area contributed by atoms with Gasteiger partial charge in [0.15, 0.2) is 5.82 Å². The summed E-state index contributed by atoms with van der Waals surface area (Å²) in [5, 5.41) is 2.79. The lowest BCUT2D eigenvalue weighted by Gasteiger charge is -2.39. The molecule has 0 bridgehead atoms. The molecule has 3 rings (SSSR count). The van der Waals surface area contributed by atoms with E-state index in [-0.39, 0.29) is 43.7 Å². The van der Waals surface area contributed by atoms with Crippen LogP contribution in [0.1, 0.15) is 51.0 Å². The Morgan fingerprint density at radius 1 is 1.07 bits per heavy atom. The summed E-state index contributed by atoms with van der Waals surface area (Å²) < 4.78 is 17.8. The molecule has 0 radical (unpaired) electrons. The molecule has 13 nitrogen and oxygen atoms in total. The average Bonchev–Trinajstić information content (AvgIpc) is 2.92. The molecule has 2 heterocycles. The number of benzene rings is 1. The fourth-order valence-electron chi connectivity index (χ4n) is 3.98. The number of hydrogen-bond acceptors (Lipinski definition) is 8. The lowest BCUT2D eigenvalue weighted by atomic mass is 10.2. The van der Waals surface area contributed by atoms with Gasteiger partial charge in [-0.1, -0.05) is 43.7 Å². The van der Waals surface area contributed by atoms with Gasteiger partial charge in [-0.3, -0.25) is 14.2 Å². The third-order valence-corrected chi connectivity index (χ3v) is 7.80. The second-order valence-corrected chi connectivity index (χ2v) is 11.9. The Bertz CT molecular complexity index is 1250. The molecule has 1 aromatic carbocycles. The van der Waals surface area contributed by atoms with Crippen LogP contribution in [-0.4, -0.2) is 91.6 Å². The normalized spacial score (nSPS) is 15.4. The first kappa shape index (κ1) is 31.0. The van der Waals surface area contributed by atoms with Crippen LogP contribution >= 0.6 is 7.60 Å². The van der Waals surface area contributed by atoms with E-state index < -0.39 is 30.8 Å². The summed E-state index contributed by atoms with van der Waals surface area (Å²) in [7, 11) is -5.23. The number of hydrogen-bond donors (Lipinski definition) is 4. The zero-order valence-electron chi connectivity index (χ0n) is 23.2. The molecule has 0 unspecified atom stereocenters. The van der Waals surface area contributed by atoms with E-state index in [1.54, 1.807) is 24.3 Å². The first-order valence-corrected chi connectivity index (χ1v) is 14.8. The SMILES string of the molecule is CCCCOC(=O)N1CCN(C(=O)[C@@](C)(NC(=O)c2cc(NC(C)C)nc(-c3ccccc3)n2)P(=O)(O)O)CC1. The Labute approximate surface area is 233 Å². The molecule has 1 saturated heterocycles. The van der Waals surface area contributed by atoms with Crippen molar-refractivity contribution in [1.82, 2.24) is 25.1 Å². The van der Waals surface area contributed by atoms with Gasteiger partial charge in [-0.15, -0.1) is 0 Å². The highest BCUT2D eigenvalue weighted by atomic mass is 31.2.